The molecule has 2 aromatic rings. The lowest BCUT2D eigenvalue weighted by molar-refractivity contribution is 0.0731. The maximum absolute atomic E-state index is 12.2. The van der Waals surface area contributed by atoms with E-state index in [4.69, 9.17) is 37.8 Å². The monoisotopic (exact) mass is 326 g/mol. The third-order valence-corrected chi connectivity index (χ3v) is 3.15. The predicted molar refractivity (Wildman–Crippen MR) is 80.3 cm³/mol. The standard InChI is InChI=1S/C15H12Cl2O4/c1-20-14-4-9(8-18)2-3-13(14)15(19)21-12-6-10(16)5-11(17)7-12/h2-7,18H,8H2,1H3. The van der Waals surface area contributed by atoms with E-state index in [0.717, 1.165) is 0 Å². The molecular formula is C15H12Cl2O4. The normalized spacial score (nSPS) is 10.3. The Hall–Kier alpha value is -1.75. The van der Waals surface area contributed by atoms with E-state index < -0.39 is 5.97 Å². The SMILES string of the molecule is COc1cc(CO)ccc1C(=O)Oc1cc(Cl)cc(Cl)c1. The summed E-state index contributed by atoms with van der Waals surface area (Å²) >= 11 is 11.7. The van der Waals surface area contributed by atoms with Crippen LogP contribution in [0, 0.1) is 0 Å². The Balaban J connectivity index is 2.27. The van der Waals surface area contributed by atoms with Gasteiger partial charge >= 0.3 is 5.97 Å². The van der Waals surface area contributed by atoms with Crippen molar-refractivity contribution in [1.29, 1.82) is 0 Å². The van der Waals surface area contributed by atoms with Gasteiger partial charge in [-0.25, -0.2) is 4.79 Å². The molecule has 0 aromatic heterocycles. The average molecular weight is 327 g/mol. The maximum atomic E-state index is 12.2. The lowest BCUT2D eigenvalue weighted by Gasteiger charge is -2.10. The molecule has 2 aromatic carbocycles. The molecular weight excluding hydrogens is 315 g/mol. The fourth-order valence-electron chi connectivity index (χ4n) is 1.75. The molecule has 0 aliphatic carbocycles. The molecule has 0 fully saturated rings. The summed E-state index contributed by atoms with van der Waals surface area (Å²) in [6.07, 6.45) is 0. The van der Waals surface area contributed by atoms with Crippen molar-refractivity contribution in [2.45, 2.75) is 6.61 Å². The lowest BCUT2D eigenvalue weighted by atomic mass is 10.1. The van der Waals surface area contributed by atoms with Crippen LogP contribution in [0.3, 0.4) is 0 Å². The summed E-state index contributed by atoms with van der Waals surface area (Å²) in [5, 5.41) is 9.82. The van der Waals surface area contributed by atoms with E-state index in [1.807, 2.05) is 0 Å². The zero-order valence-corrected chi connectivity index (χ0v) is 12.6. The molecule has 0 aliphatic rings. The number of hydrogen-bond acceptors (Lipinski definition) is 4. The fourth-order valence-corrected chi connectivity index (χ4v) is 2.26. The number of rotatable bonds is 4. The van der Waals surface area contributed by atoms with Gasteiger partial charge in [0.1, 0.15) is 17.1 Å². The molecule has 0 saturated heterocycles. The molecule has 0 bridgehead atoms. The summed E-state index contributed by atoms with van der Waals surface area (Å²) in [6, 6.07) is 9.22. The minimum atomic E-state index is -0.602. The van der Waals surface area contributed by atoms with Crippen molar-refractivity contribution in [1.82, 2.24) is 0 Å². The van der Waals surface area contributed by atoms with Gasteiger partial charge in [-0.1, -0.05) is 29.3 Å². The van der Waals surface area contributed by atoms with Crippen LogP contribution in [-0.2, 0) is 6.61 Å². The highest BCUT2D eigenvalue weighted by atomic mass is 35.5. The quantitative estimate of drug-likeness (QED) is 0.687. The number of carbonyl (C=O) groups is 1. The highest BCUT2D eigenvalue weighted by Gasteiger charge is 2.15. The summed E-state index contributed by atoms with van der Waals surface area (Å²) in [5.74, 6) is -0.0415. The van der Waals surface area contributed by atoms with E-state index in [0.29, 0.717) is 21.4 Å². The molecule has 6 heteroatoms. The molecule has 0 heterocycles. The van der Waals surface area contributed by atoms with Crippen LogP contribution in [0.4, 0.5) is 0 Å². The molecule has 1 N–H and O–H groups in total. The molecule has 0 saturated carbocycles. The smallest absolute Gasteiger partial charge is 0.347 e. The molecule has 0 unspecified atom stereocenters. The van der Waals surface area contributed by atoms with Crippen LogP contribution in [0.2, 0.25) is 10.0 Å². The number of hydrogen-bond donors (Lipinski definition) is 1. The Kier molecular flexibility index (Phi) is 5.07. The van der Waals surface area contributed by atoms with Crippen molar-refractivity contribution in [3.8, 4) is 11.5 Å². The van der Waals surface area contributed by atoms with Crippen LogP contribution >= 0.6 is 23.2 Å². The van der Waals surface area contributed by atoms with E-state index in [-0.39, 0.29) is 17.9 Å². The van der Waals surface area contributed by atoms with Crippen molar-refractivity contribution in [3.05, 3.63) is 57.6 Å². The Morgan fingerprint density at radius 2 is 1.81 bits per heavy atom. The van der Waals surface area contributed by atoms with Crippen LogP contribution in [0.5, 0.6) is 11.5 Å². The van der Waals surface area contributed by atoms with Gasteiger partial charge in [0.15, 0.2) is 0 Å². The van der Waals surface area contributed by atoms with E-state index in [1.165, 1.54) is 31.4 Å². The molecule has 0 amide bonds. The Bertz CT molecular complexity index is 650. The van der Waals surface area contributed by atoms with Crippen molar-refractivity contribution in [3.63, 3.8) is 0 Å². The van der Waals surface area contributed by atoms with E-state index in [2.05, 4.69) is 0 Å². The first kappa shape index (κ1) is 15.6. The predicted octanol–water partition coefficient (Wildman–Crippen LogP) is 3.71. The largest absolute Gasteiger partial charge is 0.496 e. The van der Waals surface area contributed by atoms with Crippen LogP contribution in [0.15, 0.2) is 36.4 Å². The van der Waals surface area contributed by atoms with Crippen LogP contribution < -0.4 is 9.47 Å². The van der Waals surface area contributed by atoms with Gasteiger partial charge in [-0.3, -0.25) is 0 Å². The number of aliphatic hydroxyl groups excluding tert-OH is 1. The third kappa shape index (κ3) is 3.88. The number of esters is 1. The molecule has 0 spiro atoms. The number of methoxy groups -OCH3 is 1. The third-order valence-electron chi connectivity index (χ3n) is 2.72. The Morgan fingerprint density at radius 3 is 2.38 bits per heavy atom. The minimum Gasteiger partial charge on any atom is -0.496 e. The van der Waals surface area contributed by atoms with Crippen molar-refractivity contribution in [2.75, 3.05) is 7.11 Å². The highest BCUT2D eigenvalue weighted by molar-refractivity contribution is 6.34. The first-order valence-corrected chi connectivity index (χ1v) is 6.75. The second kappa shape index (κ2) is 6.80. The Morgan fingerprint density at radius 1 is 1.14 bits per heavy atom. The number of halogens is 2. The van der Waals surface area contributed by atoms with E-state index >= 15 is 0 Å². The number of carbonyl (C=O) groups excluding carboxylic acids is 1. The van der Waals surface area contributed by atoms with Gasteiger partial charge in [-0.2, -0.15) is 0 Å². The maximum Gasteiger partial charge on any atom is 0.347 e. The molecule has 0 atom stereocenters. The first-order valence-electron chi connectivity index (χ1n) is 5.99. The summed E-state index contributed by atoms with van der Waals surface area (Å²) in [7, 11) is 1.43. The zero-order chi connectivity index (χ0) is 15.4. The molecule has 4 nitrogen and oxygen atoms in total. The summed E-state index contributed by atoms with van der Waals surface area (Å²) in [5.41, 5.74) is 0.875. The topological polar surface area (TPSA) is 55.8 Å². The Labute approximate surface area is 131 Å². The van der Waals surface area contributed by atoms with Crippen LogP contribution in [0.25, 0.3) is 0 Å². The van der Waals surface area contributed by atoms with Gasteiger partial charge in [-0.05, 0) is 35.9 Å². The highest BCUT2D eigenvalue weighted by Crippen LogP contribution is 2.27. The molecule has 0 aliphatic heterocycles. The minimum absolute atomic E-state index is 0.143. The zero-order valence-electron chi connectivity index (χ0n) is 11.1. The van der Waals surface area contributed by atoms with E-state index in [9.17, 15) is 4.79 Å². The van der Waals surface area contributed by atoms with Crippen LogP contribution in [0.1, 0.15) is 15.9 Å². The van der Waals surface area contributed by atoms with Crippen molar-refractivity contribution >= 4 is 29.2 Å². The van der Waals surface area contributed by atoms with Gasteiger partial charge in [0.25, 0.3) is 0 Å². The second-order valence-electron chi connectivity index (χ2n) is 4.19. The number of ether oxygens (including phenoxy) is 2. The van der Waals surface area contributed by atoms with Crippen molar-refractivity contribution < 1.29 is 19.4 Å². The first-order chi connectivity index (χ1) is 10.0. The van der Waals surface area contributed by atoms with Crippen LogP contribution in [-0.4, -0.2) is 18.2 Å². The summed E-state index contributed by atoms with van der Waals surface area (Å²) in [4.78, 5) is 12.2. The fraction of sp³-hybridized carbons (Fsp3) is 0.133. The van der Waals surface area contributed by atoms with Crippen molar-refractivity contribution in [2.24, 2.45) is 0 Å². The summed E-state index contributed by atoms with van der Waals surface area (Å²) in [6.45, 7) is -0.143. The molecule has 0 radical (unpaired) electrons. The van der Waals surface area contributed by atoms with E-state index in [1.54, 1.807) is 12.1 Å². The van der Waals surface area contributed by atoms with Gasteiger partial charge < -0.3 is 14.6 Å². The number of benzene rings is 2. The van der Waals surface area contributed by atoms with Gasteiger partial charge in [0, 0.05) is 10.0 Å². The number of aliphatic hydroxyl groups is 1. The average Bonchev–Trinajstić information content (AvgIpc) is 2.45. The molecule has 110 valence electrons. The molecule has 21 heavy (non-hydrogen) atoms. The summed E-state index contributed by atoms with van der Waals surface area (Å²) < 4.78 is 10.4. The van der Waals surface area contributed by atoms with Gasteiger partial charge in [0.05, 0.1) is 13.7 Å². The second-order valence-corrected chi connectivity index (χ2v) is 5.06. The van der Waals surface area contributed by atoms with Gasteiger partial charge in [0.2, 0.25) is 0 Å². The lowest BCUT2D eigenvalue weighted by Crippen LogP contribution is -2.10. The molecule has 2 rings (SSSR count). The van der Waals surface area contributed by atoms with Gasteiger partial charge in [-0.15, -0.1) is 0 Å².